The third-order valence-corrected chi connectivity index (χ3v) is 3.81. The maximum atomic E-state index is 9.41. The highest BCUT2D eigenvalue weighted by molar-refractivity contribution is 5.59. The van der Waals surface area contributed by atoms with Crippen molar-refractivity contribution in [3.63, 3.8) is 0 Å². The zero-order valence-electron chi connectivity index (χ0n) is 13.9. The Morgan fingerprint density at radius 3 is 2.43 bits per heavy atom. The molecule has 0 aliphatic rings. The van der Waals surface area contributed by atoms with Gasteiger partial charge >= 0.3 is 0 Å². The summed E-state index contributed by atoms with van der Waals surface area (Å²) >= 11 is 0. The van der Waals surface area contributed by atoms with Crippen LogP contribution in [0.4, 0.5) is 11.6 Å². The highest BCUT2D eigenvalue weighted by Gasteiger charge is 2.21. The molecule has 120 valence electrons. The Morgan fingerprint density at radius 2 is 1.90 bits per heavy atom. The molecule has 2 N–H and O–H groups in total. The van der Waals surface area contributed by atoms with Crippen molar-refractivity contribution in [2.45, 2.75) is 59.4 Å². The predicted molar refractivity (Wildman–Crippen MR) is 89.0 cm³/mol. The van der Waals surface area contributed by atoms with Crippen molar-refractivity contribution in [1.29, 1.82) is 0 Å². The molecule has 0 fully saturated rings. The van der Waals surface area contributed by atoms with Gasteiger partial charge in [-0.2, -0.15) is 0 Å². The van der Waals surface area contributed by atoms with E-state index in [-0.39, 0.29) is 6.61 Å². The summed E-state index contributed by atoms with van der Waals surface area (Å²) in [6, 6.07) is 0.399. The molecular formula is C16H30N4O. The highest BCUT2D eigenvalue weighted by atomic mass is 16.3. The summed E-state index contributed by atoms with van der Waals surface area (Å²) < 4.78 is 0. The van der Waals surface area contributed by atoms with E-state index in [2.05, 4.69) is 47.9 Å². The van der Waals surface area contributed by atoms with Crippen molar-refractivity contribution < 1.29 is 5.11 Å². The Hall–Kier alpha value is -1.36. The lowest BCUT2D eigenvalue weighted by molar-refractivity contribution is 0.295. The van der Waals surface area contributed by atoms with Crippen LogP contribution in [0.3, 0.4) is 0 Å². The fourth-order valence-electron chi connectivity index (χ4n) is 2.67. The molecule has 0 aliphatic heterocycles. The van der Waals surface area contributed by atoms with Gasteiger partial charge in [-0.15, -0.1) is 0 Å². The van der Waals surface area contributed by atoms with Crippen LogP contribution in [-0.4, -0.2) is 40.8 Å². The maximum absolute atomic E-state index is 9.41. The van der Waals surface area contributed by atoms with Crippen LogP contribution < -0.4 is 10.2 Å². The Balaban J connectivity index is 3.16. The first-order valence-electron chi connectivity index (χ1n) is 8.18. The molecule has 0 aromatic carbocycles. The second-order valence-electron chi connectivity index (χ2n) is 5.19. The normalized spacial score (nSPS) is 11.0. The summed E-state index contributed by atoms with van der Waals surface area (Å²) in [7, 11) is 0. The van der Waals surface area contributed by atoms with E-state index in [0.717, 1.165) is 49.4 Å². The standard InChI is InChI=1S/C16H30N4O/c1-5-9-17-15-14(8-4)16(19-12-18-15)20(10-11-21)13(6-2)7-3/h12-13,21H,5-11H2,1-4H3,(H,17,18,19). The highest BCUT2D eigenvalue weighted by Crippen LogP contribution is 2.27. The number of aliphatic hydroxyl groups is 1. The van der Waals surface area contributed by atoms with Gasteiger partial charge in [-0.05, 0) is 25.7 Å². The fourth-order valence-corrected chi connectivity index (χ4v) is 2.67. The summed E-state index contributed by atoms with van der Waals surface area (Å²) in [5.41, 5.74) is 1.14. The van der Waals surface area contributed by atoms with E-state index in [1.165, 1.54) is 0 Å². The Labute approximate surface area is 128 Å². The van der Waals surface area contributed by atoms with E-state index < -0.39 is 0 Å². The van der Waals surface area contributed by atoms with Gasteiger partial charge in [-0.3, -0.25) is 0 Å². The number of nitrogens with zero attached hydrogens (tertiary/aromatic N) is 3. The Morgan fingerprint density at radius 1 is 1.19 bits per heavy atom. The number of hydrogen-bond acceptors (Lipinski definition) is 5. The van der Waals surface area contributed by atoms with E-state index in [1.807, 2.05) is 0 Å². The summed E-state index contributed by atoms with van der Waals surface area (Å²) in [6.07, 6.45) is 5.65. The van der Waals surface area contributed by atoms with E-state index in [0.29, 0.717) is 12.6 Å². The zero-order valence-corrected chi connectivity index (χ0v) is 13.9. The smallest absolute Gasteiger partial charge is 0.137 e. The summed E-state index contributed by atoms with van der Waals surface area (Å²) in [5, 5.41) is 12.8. The molecule has 0 radical (unpaired) electrons. The van der Waals surface area contributed by atoms with Crippen LogP contribution in [0.2, 0.25) is 0 Å². The molecule has 1 aromatic rings. The molecule has 1 rings (SSSR count). The van der Waals surface area contributed by atoms with Gasteiger partial charge < -0.3 is 15.3 Å². The molecule has 0 saturated heterocycles. The molecule has 0 atom stereocenters. The summed E-state index contributed by atoms with van der Waals surface area (Å²) in [6.45, 7) is 10.3. The number of aliphatic hydroxyl groups excluding tert-OH is 1. The molecule has 0 unspecified atom stereocenters. The average molecular weight is 294 g/mol. The molecule has 21 heavy (non-hydrogen) atoms. The maximum Gasteiger partial charge on any atom is 0.137 e. The van der Waals surface area contributed by atoms with Gasteiger partial charge in [0.25, 0.3) is 0 Å². The van der Waals surface area contributed by atoms with Crippen molar-refractivity contribution in [2.24, 2.45) is 0 Å². The van der Waals surface area contributed by atoms with Crippen molar-refractivity contribution in [3.05, 3.63) is 11.9 Å². The van der Waals surface area contributed by atoms with Crippen molar-refractivity contribution >= 4 is 11.6 Å². The van der Waals surface area contributed by atoms with Crippen LogP contribution >= 0.6 is 0 Å². The lowest BCUT2D eigenvalue weighted by atomic mass is 10.1. The average Bonchev–Trinajstić information content (AvgIpc) is 2.52. The predicted octanol–water partition coefficient (Wildman–Crippen LogP) is 2.85. The SMILES string of the molecule is CCCNc1ncnc(N(CCO)C(CC)CC)c1CC. The zero-order chi connectivity index (χ0) is 15.7. The van der Waals surface area contributed by atoms with Crippen molar-refractivity contribution in [2.75, 3.05) is 29.9 Å². The third-order valence-electron chi connectivity index (χ3n) is 3.81. The Bertz CT molecular complexity index is 407. The number of rotatable bonds is 10. The Kier molecular flexibility index (Phi) is 8.05. The van der Waals surface area contributed by atoms with E-state index >= 15 is 0 Å². The van der Waals surface area contributed by atoms with Gasteiger partial charge in [0.2, 0.25) is 0 Å². The molecule has 0 amide bonds. The number of hydrogen-bond donors (Lipinski definition) is 2. The van der Waals surface area contributed by atoms with Crippen LogP contribution in [0.5, 0.6) is 0 Å². The van der Waals surface area contributed by atoms with Crippen LogP contribution in [0, 0.1) is 0 Å². The largest absolute Gasteiger partial charge is 0.395 e. The van der Waals surface area contributed by atoms with Gasteiger partial charge in [0.15, 0.2) is 0 Å². The van der Waals surface area contributed by atoms with Crippen molar-refractivity contribution in [3.8, 4) is 0 Å². The molecule has 1 aromatic heterocycles. The first-order valence-corrected chi connectivity index (χ1v) is 8.18. The minimum atomic E-state index is 0.140. The lowest BCUT2D eigenvalue weighted by Gasteiger charge is -2.32. The molecule has 5 heteroatoms. The number of aromatic nitrogens is 2. The first kappa shape index (κ1) is 17.7. The van der Waals surface area contributed by atoms with E-state index in [1.54, 1.807) is 6.33 Å². The third kappa shape index (κ3) is 4.56. The van der Waals surface area contributed by atoms with Crippen LogP contribution in [0.25, 0.3) is 0 Å². The molecular weight excluding hydrogens is 264 g/mol. The molecule has 5 nitrogen and oxygen atoms in total. The van der Waals surface area contributed by atoms with Gasteiger partial charge in [0, 0.05) is 24.7 Å². The quantitative estimate of drug-likeness (QED) is 0.695. The number of anilines is 2. The monoisotopic (exact) mass is 294 g/mol. The van der Waals surface area contributed by atoms with Gasteiger partial charge in [-0.25, -0.2) is 9.97 Å². The van der Waals surface area contributed by atoms with Gasteiger partial charge in [0.05, 0.1) is 6.61 Å². The second kappa shape index (κ2) is 9.55. The number of nitrogens with one attached hydrogen (secondary N) is 1. The molecule has 0 aliphatic carbocycles. The molecule has 0 saturated carbocycles. The van der Waals surface area contributed by atoms with E-state index in [4.69, 9.17) is 0 Å². The van der Waals surface area contributed by atoms with Gasteiger partial charge in [0.1, 0.15) is 18.0 Å². The van der Waals surface area contributed by atoms with Crippen LogP contribution in [-0.2, 0) is 6.42 Å². The minimum Gasteiger partial charge on any atom is -0.395 e. The molecule has 0 bridgehead atoms. The first-order chi connectivity index (χ1) is 10.2. The topological polar surface area (TPSA) is 61.3 Å². The van der Waals surface area contributed by atoms with Crippen LogP contribution in [0.15, 0.2) is 6.33 Å². The van der Waals surface area contributed by atoms with Crippen molar-refractivity contribution in [1.82, 2.24) is 9.97 Å². The van der Waals surface area contributed by atoms with Gasteiger partial charge in [-0.1, -0.05) is 27.7 Å². The molecule has 0 spiro atoms. The summed E-state index contributed by atoms with van der Waals surface area (Å²) in [5.74, 6) is 1.90. The lowest BCUT2D eigenvalue weighted by Crippen LogP contribution is -2.38. The summed E-state index contributed by atoms with van der Waals surface area (Å²) in [4.78, 5) is 11.1. The fraction of sp³-hybridized carbons (Fsp3) is 0.750. The van der Waals surface area contributed by atoms with E-state index in [9.17, 15) is 5.11 Å². The van der Waals surface area contributed by atoms with Crippen LogP contribution in [0.1, 0.15) is 52.5 Å². The second-order valence-corrected chi connectivity index (χ2v) is 5.19. The molecule has 1 heterocycles. The minimum absolute atomic E-state index is 0.140.